The summed E-state index contributed by atoms with van der Waals surface area (Å²) in [6, 6.07) is 16.6. The van der Waals surface area contributed by atoms with Crippen molar-refractivity contribution in [3.63, 3.8) is 0 Å². The molecule has 1 heterocycles. The quantitative estimate of drug-likeness (QED) is 0.370. The van der Waals surface area contributed by atoms with Gasteiger partial charge in [0.15, 0.2) is 5.76 Å². The fraction of sp³-hybridized carbons (Fsp3) is 0.160. The van der Waals surface area contributed by atoms with Crippen LogP contribution in [0.2, 0.25) is 0 Å². The lowest BCUT2D eigenvalue weighted by Gasteiger charge is -2.27. The van der Waals surface area contributed by atoms with Gasteiger partial charge in [0.25, 0.3) is 5.91 Å². The minimum Gasteiger partial charge on any atom is -0.451 e. The Morgan fingerprint density at radius 3 is 2.41 bits per heavy atom. The van der Waals surface area contributed by atoms with E-state index in [-0.39, 0.29) is 5.76 Å². The van der Waals surface area contributed by atoms with Crippen LogP contribution >= 0.6 is 0 Å². The predicted octanol–water partition coefficient (Wildman–Crippen LogP) is 5.66. The molecule has 0 bridgehead atoms. The molecule has 0 aliphatic carbocycles. The van der Waals surface area contributed by atoms with Crippen LogP contribution in [0.3, 0.4) is 0 Å². The number of furan rings is 1. The molecule has 0 radical (unpaired) electrons. The molecular formula is C25H22F2N2O4S. The minimum atomic E-state index is -3.44. The zero-order valence-electron chi connectivity index (χ0n) is 18.6. The Morgan fingerprint density at radius 2 is 1.71 bits per heavy atom. The third-order valence-electron chi connectivity index (χ3n) is 5.49. The Hall–Kier alpha value is -3.72. The Kier molecular flexibility index (Phi) is 5.91. The largest absolute Gasteiger partial charge is 0.451 e. The summed E-state index contributed by atoms with van der Waals surface area (Å²) < 4.78 is 58.6. The lowest BCUT2D eigenvalue weighted by Crippen LogP contribution is -2.21. The first kappa shape index (κ1) is 23.4. The molecule has 0 saturated carbocycles. The Balaban J connectivity index is 1.58. The molecule has 1 amide bonds. The third kappa shape index (κ3) is 4.94. The van der Waals surface area contributed by atoms with Gasteiger partial charge in [0.1, 0.15) is 17.2 Å². The molecule has 0 spiro atoms. The van der Waals surface area contributed by atoms with Crippen LogP contribution in [0.1, 0.15) is 35.5 Å². The van der Waals surface area contributed by atoms with Crippen molar-refractivity contribution in [2.45, 2.75) is 19.3 Å². The van der Waals surface area contributed by atoms with Gasteiger partial charge in [0.2, 0.25) is 10.0 Å². The highest BCUT2D eigenvalue weighted by molar-refractivity contribution is 7.92. The monoisotopic (exact) mass is 484 g/mol. The second kappa shape index (κ2) is 8.57. The fourth-order valence-corrected chi connectivity index (χ4v) is 4.32. The molecule has 34 heavy (non-hydrogen) atoms. The molecular weight excluding hydrogens is 462 g/mol. The maximum absolute atomic E-state index is 14.4. The molecule has 0 saturated heterocycles. The van der Waals surface area contributed by atoms with Crippen molar-refractivity contribution in [3.05, 3.63) is 95.3 Å². The van der Waals surface area contributed by atoms with Gasteiger partial charge in [-0.3, -0.25) is 9.52 Å². The lowest BCUT2D eigenvalue weighted by atomic mass is 9.77. The molecule has 3 aromatic carbocycles. The van der Waals surface area contributed by atoms with E-state index in [1.165, 1.54) is 24.3 Å². The maximum atomic E-state index is 14.4. The van der Waals surface area contributed by atoms with Crippen molar-refractivity contribution in [2.24, 2.45) is 0 Å². The highest BCUT2D eigenvalue weighted by Crippen LogP contribution is 2.34. The van der Waals surface area contributed by atoms with Gasteiger partial charge in [0, 0.05) is 28.2 Å². The van der Waals surface area contributed by atoms with Gasteiger partial charge in [-0.15, -0.1) is 0 Å². The van der Waals surface area contributed by atoms with E-state index in [1.807, 2.05) is 13.8 Å². The van der Waals surface area contributed by atoms with E-state index in [9.17, 15) is 22.0 Å². The van der Waals surface area contributed by atoms with Crippen LogP contribution in [0.15, 0.2) is 71.1 Å². The highest BCUT2D eigenvalue weighted by Gasteiger charge is 2.27. The van der Waals surface area contributed by atoms with Crippen LogP contribution in [0.4, 0.5) is 20.2 Å². The smallest absolute Gasteiger partial charge is 0.291 e. The second-order valence-corrected chi connectivity index (χ2v) is 10.3. The van der Waals surface area contributed by atoms with E-state index in [4.69, 9.17) is 4.42 Å². The first-order chi connectivity index (χ1) is 15.9. The van der Waals surface area contributed by atoms with Crippen LogP contribution in [0.5, 0.6) is 0 Å². The van der Waals surface area contributed by atoms with Crippen molar-refractivity contribution in [1.82, 2.24) is 0 Å². The van der Waals surface area contributed by atoms with Gasteiger partial charge in [0.05, 0.1) is 6.26 Å². The van der Waals surface area contributed by atoms with E-state index < -0.39 is 33.0 Å². The molecule has 0 fully saturated rings. The van der Waals surface area contributed by atoms with Crippen molar-refractivity contribution in [3.8, 4) is 0 Å². The minimum absolute atomic E-state index is 0.0424. The molecule has 176 valence electrons. The highest BCUT2D eigenvalue weighted by atomic mass is 32.2. The molecule has 9 heteroatoms. The van der Waals surface area contributed by atoms with Crippen LogP contribution in [0, 0.1) is 11.6 Å². The molecule has 4 aromatic rings. The van der Waals surface area contributed by atoms with E-state index in [0.29, 0.717) is 27.9 Å². The lowest BCUT2D eigenvalue weighted by molar-refractivity contribution is 0.0998. The standard InChI is InChI=1S/C25H22F2N2O4S/c1-25(2,20-9-7-17(26)14-21(20)27)16-5-4-6-18(13-16)28-24(30)23-12-15-11-19(29-34(3,31)32)8-10-22(15)33-23/h4-14,29H,1-3H3,(H,28,30). The van der Waals surface area contributed by atoms with Crippen molar-refractivity contribution in [2.75, 3.05) is 16.3 Å². The van der Waals surface area contributed by atoms with Gasteiger partial charge < -0.3 is 9.73 Å². The predicted molar refractivity (Wildman–Crippen MR) is 128 cm³/mol. The third-order valence-corrected chi connectivity index (χ3v) is 6.10. The average molecular weight is 485 g/mol. The molecule has 0 atom stereocenters. The number of halogens is 2. The van der Waals surface area contributed by atoms with Crippen molar-refractivity contribution >= 4 is 38.3 Å². The van der Waals surface area contributed by atoms with Crippen LogP contribution in [0.25, 0.3) is 11.0 Å². The Morgan fingerprint density at radius 1 is 0.941 bits per heavy atom. The summed E-state index contributed by atoms with van der Waals surface area (Å²) in [4.78, 5) is 12.8. The molecule has 0 unspecified atom stereocenters. The maximum Gasteiger partial charge on any atom is 0.291 e. The number of fused-ring (bicyclic) bond motifs is 1. The zero-order valence-corrected chi connectivity index (χ0v) is 19.5. The number of amides is 1. The van der Waals surface area contributed by atoms with Gasteiger partial charge in [-0.05, 0) is 53.6 Å². The Bertz CT molecular complexity index is 1510. The van der Waals surface area contributed by atoms with E-state index in [0.717, 1.165) is 17.9 Å². The average Bonchev–Trinajstić information content (AvgIpc) is 3.16. The van der Waals surface area contributed by atoms with E-state index in [1.54, 1.807) is 36.4 Å². The number of nitrogens with one attached hydrogen (secondary N) is 2. The first-order valence-corrected chi connectivity index (χ1v) is 12.2. The SMILES string of the molecule is CC(C)(c1cccc(NC(=O)c2cc3cc(NS(C)(=O)=O)ccc3o2)c1)c1ccc(F)cc1F. The number of carbonyl (C=O) groups is 1. The van der Waals surface area contributed by atoms with Crippen LogP contribution in [-0.2, 0) is 15.4 Å². The summed E-state index contributed by atoms with van der Waals surface area (Å²) >= 11 is 0. The molecule has 1 aromatic heterocycles. The number of sulfonamides is 1. The van der Waals surface area contributed by atoms with Crippen LogP contribution < -0.4 is 10.0 Å². The summed E-state index contributed by atoms with van der Waals surface area (Å²) in [6.45, 7) is 3.62. The number of benzene rings is 3. The zero-order chi connectivity index (χ0) is 24.7. The number of anilines is 2. The number of rotatable bonds is 6. The summed E-state index contributed by atoms with van der Waals surface area (Å²) in [7, 11) is -3.44. The summed E-state index contributed by atoms with van der Waals surface area (Å²) in [6.07, 6.45) is 1.05. The molecule has 4 rings (SSSR count). The van der Waals surface area contributed by atoms with Gasteiger partial charge >= 0.3 is 0 Å². The normalized spacial score (nSPS) is 12.0. The van der Waals surface area contributed by atoms with Gasteiger partial charge in [-0.25, -0.2) is 17.2 Å². The number of hydrogen-bond acceptors (Lipinski definition) is 4. The summed E-state index contributed by atoms with van der Waals surface area (Å²) in [5, 5.41) is 3.32. The molecule has 2 N–H and O–H groups in total. The van der Waals surface area contributed by atoms with Gasteiger partial charge in [-0.2, -0.15) is 0 Å². The first-order valence-electron chi connectivity index (χ1n) is 10.3. The van der Waals surface area contributed by atoms with Crippen molar-refractivity contribution < 1.29 is 26.4 Å². The van der Waals surface area contributed by atoms with Crippen molar-refractivity contribution in [1.29, 1.82) is 0 Å². The van der Waals surface area contributed by atoms with Crippen LogP contribution in [-0.4, -0.2) is 20.6 Å². The Labute approximate surface area is 195 Å². The number of carbonyl (C=O) groups excluding carboxylic acids is 1. The summed E-state index contributed by atoms with van der Waals surface area (Å²) in [5.41, 5.74) is 1.50. The van der Waals surface area contributed by atoms with Gasteiger partial charge in [-0.1, -0.05) is 32.0 Å². The number of hydrogen-bond donors (Lipinski definition) is 2. The topological polar surface area (TPSA) is 88.4 Å². The van der Waals surface area contributed by atoms with E-state index >= 15 is 0 Å². The summed E-state index contributed by atoms with van der Waals surface area (Å²) in [5.74, 6) is -1.76. The molecule has 0 aliphatic rings. The molecule has 6 nitrogen and oxygen atoms in total. The molecule has 0 aliphatic heterocycles. The second-order valence-electron chi connectivity index (χ2n) is 8.52. The van der Waals surface area contributed by atoms with E-state index in [2.05, 4.69) is 10.0 Å². The fourth-order valence-electron chi connectivity index (χ4n) is 3.76.